The number of ether oxygens (including phenoxy) is 2. The Morgan fingerprint density at radius 2 is 1.85 bits per heavy atom. The third-order valence-corrected chi connectivity index (χ3v) is 4.44. The van der Waals surface area contributed by atoms with Gasteiger partial charge in [0.1, 0.15) is 12.3 Å². The van der Waals surface area contributed by atoms with Crippen LogP contribution in [0.25, 0.3) is 0 Å². The van der Waals surface area contributed by atoms with Crippen molar-refractivity contribution in [2.24, 2.45) is 11.7 Å². The van der Waals surface area contributed by atoms with E-state index in [1.807, 2.05) is 18.2 Å². The first-order valence-electron chi connectivity index (χ1n) is 8.93. The number of hydrogen-bond acceptors (Lipinski definition) is 5. The van der Waals surface area contributed by atoms with E-state index in [2.05, 4.69) is 19.1 Å². The molecule has 0 saturated heterocycles. The predicted octanol–water partition coefficient (Wildman–Crippen LogP) is 2.83. The lowest BCUT2D eigenvalue weighted by Gasteiger charge is -2.28. The number of methoxy groups -OCH3 is 1. The molecule has 0 radical (unpaired) electrons. The van der Waals surface area contributed by atoms with Crippen LogP contribution in [0.4, 0.5) is 0 Å². The average molecular weight is 359 g/mol. The molecule has 0 heterocycles. The van der Waals surface area contributed by atoms with Crippen LogP contribution in [0, 0.1) is 5.92 Å². The molecule has 0 fully saturated rings. The Labute approximate surface area is 155 Å². The van der Waals surface area contributed by atoms with Crippen LogP contribution >= 0.6 is 0 Å². The van der Waals surface area contributed by atoms with Crippen molar-refractivity contribution in [2.75, 3.05) is 20.3 Å². The molecule has 0 spiro atoms. The fraction of sp³-hybridized carbons (Fsp3) is 0.429. The van der Waals surface area contributed by atoms with Gasteiger partial charge in [0.2, 0.25) is 0 Å². The topological polar surface area (TPSA) is 84.9 Å². The van der Waals surface area contributed by atoms with Crippen molar-refractivity contribution in [3.05, 3.63) is 59.7 Å². The summed E-state index contributed by atoms with van der Waals surface area (Å²) in [6.45, 7) is 2.14. The van der Waals surface area contributed by atoms with E-state index in [1.165, 1.54) is 5.56 Å². The summed E-state index contributed by atoms with van der Waals surface area (Å²) < 4.78 is 10.7. The van der Waals surface area contributed by atoms with E-state index in [1.54, 1.807) is 25.3 Å². The van der Waals surface area contributed by atoms with Gasteiger partial charge in [0, 0.05) is 5.56 Å². The highest BCUT2D eigenvalue weighted by atomic mass is 16.5. The molecule has 0 bridgehead atoms. The number of aliphatic hydroxyl groups is 2. The monoisotopic (exact) mass is 359 g/mol. The molecule has 0 amide bonds. The molecule has 5 nitrogen and oxygen atoms in total. The van der Waals surface area contributed by atoms with Crippen molar-refractivity contribution in [1.82, 2.24) is 0 Å². The standard InChI is InChI=1S/C21H29NO4/c1-16(8-9-17-6-4-3-5-7-17)15-21(22,24)18-10-11-19(25-2)20(14-18)26-13-12-23/h3-7,10-11,14,16,23-24H,8-9,12-13,15,22H2,1-2H3. The van der Waals surface area contributed by atoms with E-state index in [0.717, 1.165) is 12.8 Å². The SMILES string of the molecule is COc1ccc(C(N)(O)CC(C)CCc2ccccc2)cc1OCCO. The summed E-state index contributed by atoms with van der Waals surface area (Å²) in [6, 6.07) is 15.4. The molecule has 142 valence electrons. The van der Waals surface area contributed by atoms with Crippen LogP contribution in [0.2, 0.25) is 0 Å². The van der Waals surface area contributed by atoms with E-state index in [-0.39, 0.29) is 19.1 Å². The first-order valence-corrected chi connectivity index (χ1v) is 8.93. The predicted molar refractivity (Wildman–Crippen MR) is 102 cm³/mol. The summed E-state index contributed by atoms with van der Waals surface area (Å²) in [5, 5.41) is 19.8. The van der Waals surface area contributed by atoms with Crippen LogP contribution in [0.3, 0.4) is 0 Å². The quantitative estimate of drug-likeness (QED) is 0.568. The largest absolute Gasteiger partial charge is 0.493 e. The van der Waals surface area contributed by atoms with Crippen molar-refractivity contribution in [2.45, 2.75) is 31.9 Å². The lowest BCUT2D eigenvalue weighted by Crippen LogP contribution is -2.38. The zero-order valence-electron chi connectivity index (χ0n) is 15.5. The minimum atomic E-state index is -1.46. The first-order chi connectivity index (χ1) is 12.5. The molecule has 0 aromatic heterocycles. The Bertz CT molecular complexity index is 673. The highest BCUT2D eigenvalue weighted by Gasteiger charge is 2.27. The molecule has 0 aliphatic rings. The highest BCUT2D eigenvalue weighted by molar-refractivity contribution is 5.44. The van der Waals surface area contributed by atoms with Crippen molar-refractivity contribution in [3.63, 3.8) is 0 Å². The molecular weight excluding hydrogens is 330 g/mol. The van der Waals surface area contributed by atoms with E-state index in [0.29, 0.717) is 23.5 Å². The van der Waals surface area contributed by atoms with Crippen molar-refractivity contribution in [3.8, 4) is 11.5 Å². The van der Waals surface area contributed by atoms with E-state index >= 15 is 0 Å². The first kappa shape index (κ1) is 20.2. The van der Waals surface area contributed by atoms with E-state index < -0.39 is 5.72 Å². The number of aliphatic hydroxyl groups excluding tert-OH is 1. The number of benzene rings is 2. The van der Waals surface area contributed by atoms with Crippen LogP contribution in [0.1, 0.15) is 30.9 Å². The molecule has 2 rings (SSSR count). The summed E-state index contributed by atoms with van der Waals surface area (Å²) in [5.74, 6) is 1.24. The maximum atomic E-state index is 10.8. The second-order valence-electron chi connectivity index (χ2n) is 6.70. The third-order valence-electron chi connectivity index (χ3n) is 4.44. The summed E-state index contributed by atoms with van der Waals surface area (Å²) >= 11 is 0. The van der Waals surface area contributed by atoms with E-state index in [9.17, 15) is 5.11 Å². The lowest BCUT2D eigenvalue weighted by molar-refractivity contribution is 0.0181. The molecule has 0 saturated carbocycles. The zero-order chi connectivity index (χ0) is 19.0. The fourth-order valence-corrected chi connectivity index (χ4v) is 3.02. The molecule has 5 heteroatoms. The molecule has 4 N–H and O–H groups in total. The van der Waals surface area contributed by atoms with Gasteiger partial charge in [-0.3, -0.25) is 5.73 Å². The Balaban J connectivity index is 2.03. The average Bonchev–Trinajstić information content (AvgIpc) is 2.65. The molecule has 0 aliphatic heterocycles. The second kappa shape index (κ2) is 9.57. The lowest BCUT2D eigenvalue weighted by atomic mass is 9.89. The zero-order valence-corrected chi connectivity index (χ0v) is 15.5. The van der Waals surface area contributed by atoms with Crippen molar-refractivity contribution in [1.29, 1.82) is 0 Å². The van der Waals surface area contributed by atoms with Gasteiger partial charge in [-0.05, 0) is 42.9 Å². The van der Waals surface area contributed by atoms with Gasteiger partial charge >= 0.3 is 0 Å². The van der Waals surface area contributed by atoms with Gasteiger partial charge in [-0.25, -0.2) is 0 Å². The minimum Gasteiger partial charge on any atom is -0.493 e. The summed E-state index contributed by atoms with van der Waals surface area (Å²) in [7, 11) is 1.54. The van der Waals surface area contributed by atoms with Gasteiger partial charge in [0.25, 0.3) is 0 Å². The Morgan fingerprint density at radius 1 is 1.12 bits per heavy atom. The Kier molecular flexibility index (Phi) is 7.45. The number of aryl methyl sites for hydroxylation is 1. The van der Waals surface area contributed by atoms with Crippen LogP contribution in [-0.4, -0.2) is 30.5 Å². The number of rotatable bonds is 10. The molecular formula is C21H29NO4. The Morgan fingerprint density at radius 3 is 2.50 bits per heavy atom. The van der Waals surface area contributed by atoms with E-state index in [4.69, 9.17) is 20.3 Å². The fourth-order valence-electron chi connectivity index (χ4n) is 3.02. The molecule has 2 aromatic carbocycles. The smallest absolute Gasteiger partial charge is 0.161 e. The molecule has 2 unspecified atom stereocenters. The maximum absolute atomic E-state index is 10.8. The van der Waals surface area contributed by atoms with Crippen LogP contribution < -0.4 is 15.2 Å². The second-order valence-corrected chi connectivity index (χ2v) is 6.70. The van der Waals surface area contributed by atoms with Gasteiger partial charge in [-0.2, -0.15) is 0 Å². The maximum Gasteiger partial charge on any atom is 0.161 e. The summed E-state index contributed by atoms with van der Waals surface area (Å²) in [6.07, 6.45) is 2.32. The summed E-state index contributed by atoms with van der Waals surface area (Å²) in [4.78, 5) is 0. The van der Waals surface area contributed by atoms with Crippen molar-refractivity contribution >= 4 is 0 Å². The molecule has 2 aromatic rings. The van der Waals surface area contributed by atoms with Gasteiger partial charge in [0.05, 0.1) is 13.7 Å². The molecule has 2 atom stereocenters. The van der Waals surface area contributed by atoms with Crippen LogP contribution in [0.15, 0.2) is 48.5 Å². The molecule has 26 heavy (non-hydrogen) atoms. The van der Waals surface area contributed by atoms with Gasteiger partial charge in [-0.1, -0.05) is 43.3 Å². The number of nitrogens with two attached hydrogens (primary N) is 1. The van der Waals surface area contributed by atoms with Crippen molar-refractivity contribution < 1.29 is 19.7 Å². The normalized spacial score (nSPS) is 14.5. The van der Waals surface area contributed by atoms with Crippen LogP contribution in [-0.2, 0) is 12.1 Å². The third kappa shape index (κ3) is 5.73. The Hall–Kier alpha value is -2.08. The number of hydrogen-bond donors (Lipinski definition) is 3. The van der Waals surface area contributed by atoms with Crippen LogP contribution in [0.5, 0.6) is 11.5 Å². The molecule has 0 aliphatic carbocycles. The van der Waals surface area contributed by atoms with Gasteiger partial charge in [0.15, 0.2) is 11.5 Å². The van der Waals surface area contributed by atoms with Gasteiger partial charge < -0.3 is 19.7 Å². The minimum absolute atomic E-state index is 0.100. The van der Waals surface area contributed by atoms with Gasteiger partial charge in [-0.15, -0.1) is 0 Å². The highest BCUT2D eigenvalue weighted by Crippen LogP contribution is 2.33. The summed E-state index contributed by atoms with van der Waals surface area (Å²) in [5.41, 5.74) is 6.60.